The predicted molar refractivity (Wildman–Crippen MR) is 95.7 cm³/mol. The van der Waals surface area contributed by atoms with E-state index >= 15 is 0 Å². The van der Waals surface area contributed by atoms with E-state index < -0.39 is 12.1 Å². The van der Waals surface area contributed by atoms with Gasteiger partial charge in [0.2, 0.25) is 0 Å². The quantitative estimate of drug-likeness (QED) is 0.408. The lowest BCUT2D eigenvalue weighted by Crippen LogP contribution is -2.28. The summed E-state index contributed by atoms with van der Waals surface area (Å²) in [5.74, 6) is -0.393. The van der Waals surface area contributed by atoms with Gasteiger partial charge in [0.05, 0.1) is 0 Å². The summed E-state index contributed by atoms with van der Waals surface area (Å²) in [5.41, 5.74) is 0.945. The summed E-state index contributed by atoms with van der Waals surface area (Å²) < 4.78 is 10.9. The monoisotopic (exact) mass is 336 g/mol. The Labute approximate surface area is 146 Å². The van der Waals surface area contributed by atoms with Crippen molar-refractivity contribution in [3.63, 3.8) is 0 Å². The Morgan fingerprint density at radius 3 is 2.38 bits per heavy atom. The topological polar surface area (TPSA) is 55.8 Å². The van der Waals surface area contributed by atoms with Crippen LogP contribution in [0.2, 0.25) is 0 Å². The molecular formula is C20H32O4. The molecule has 1 unspecified atom stereocenters. The molecule has 136 valence electrons. The molecule has 0 bridgehead atoms. The highest BCUT2D eigenvalue weighted by Crippen LogP contribution is 2.10. The van der Waals surface area contributed by atoms with Crippen molar-refractivity contribution < 1.29 is 19.4 Å². The second kappa shape index (κ2) is 14.0. The van der Waals surface area contributed by atoms with Crippen LogP contribution in [-0.2, 0) is 20.9 Å². The molecule has 0 aliphatic carbocycles. The Morgan fingerprint density at radius 1 is 1.04 bits per heavy atom. The van der Waals surface area contributed by atoms with Gasteiger partial charge < -0.3 is 14.6 Å². The maximum absolute atomic E-state index is 12.1. The maximum Gasteiger partial charge on any atom is 0.335 e. The Kier molecular flexibility index (Phi) is 12.0. The van der Waals surface area contributed by atoms with Gasteiger partial charge in [-0.2, -0.15) is 0 Å². The van der Waals surface area contributed by atoms with Gasteiger partial charge in [0.1, 0.15) is 6.61 Å². The summed E-state index contributed by atoms with van der Waals surface area (Å²) in [4.78, 5) is 12.1. The Morgan fingerprint density at radius 2 is 1.71 bits per heavy atom. The van der Waals surface area contributed by atoms with E-state index in [9.17, 15) is 4.79 Å². The highest BCUT2D eigenvalue weighted by atomic mass is 16.6. The van der Waals surface area contributed by atoms with Crippen molar-refractivity contribution in [2.24, 2.45) is 0 Å². The van der Waals surface area contributed by atoms with Crippen molar-refractivity contribution in [3.8, 4) is 0 Å². The highest BCUT2D eigenvalue weighted by molar-refractivity contribution is 5.74. The first-order valence-electron chi connectivity index (χ1n) is 9.21. The zero-order chi connectivity index (χ0) is 17.5. The minimum Gasteiger partial charge on any atom is -0.459 e. The minimum absolute atomic E-state index is 0.0812. The molecule has 0 saturated heterocycles. The van der Waals surface area contributed by atoms with Crippen LogP contribution in [-0.4, -0.2) is 30.4 Å². The number of aliphatic hydroxyl groups excluding tert-OH is 1. The van der Waals surface area contributed by atoms with Crippen LogP contribution in [0.4, 0.5) is 0 Å². The third-order valence-corrected chi connectivity index (χ3v) is 3.95. The molecule has 0 saturated carbocycles. The van der Waals surface area contributed by atoms with Crippen molar-refractivity contribution >= 4 is 5.97 Å². The van der Waals surface area contributed by atoms with Crippen molar-refractivity contribution in [2.75, 3.05) is 13.2 Å². The van der Waals surface area contributed by atoms with E-state index in [1.807, 2.05) is 30.3 Å². The molecule has 1 N–H and O–H groups in total. The number of carbonyl (C=O) groups is 1. The number of benzene rings is 1. The molecule has 1 aromatic carbocycles. The van der Waals surface area contributed by atoms with E-state index in [4.69, 9.17) is 14.6 Å². The number of unbranched alkanes of at least 4 members (excludes halogenated alkanes) is 6. The summed E-state index contributed by atoms with van der Waals surface area (Å²) in [5, 5.41) is 9.11. The van der Waals surface area contributed by atoms with E-state index in [0.717, 1.165) is 18.4 Å². The lowest BCUT2D eigenvalue weighted by molar-refractivity contribution is -0.159. The molecule has 0 amide bonds. The van der Waals surface area contributed by atoms with E-state index in [1.54, 1.807) is 0 Å². The number of ether oxygens (including phenoxy) is 2. The summed E-state index contributed by atoms with van der Waals surface area (Å²) >= 11 is 0. The molecule has 0 fully saturated rings. The first kappa shape index (κ1) is 20.7. The number of rotatable bonds is 14. The zero-order valence-electron chi connectivity index (χ0n) is 14.9. The van der Waals surface area contributed by atoms with Gasteiger partial charge in [-0.15, -0.1) is 0 Å². The fraction of sp³-hybridized carbons (Fsp3) is 0.650. The predicted octanol–water partition coefficient (Wildman–Crippen LogP) is 4.25. The number of hydrogen-bond acceptors (Lipinski definition) is 4. The number of esters is 1. The first-order chi connectivity index (χ1) is 11.8. The van der Waals surface area contributed by atoms with Gasteiger partial charge in [0.25, 0.3) is 0 Å². The molecule has 24 heavy (non-hydrogen) atoms. The average Bonchev–Trinajstić information content (AvgIpc) is 2.62. The zero-order valence-corrected chi connectivity index (χ0v) is 14.9. The minimum atomic E-state index is -0.668. The van der Waals surface area contributed by atoms with E-state index in [0.29, 0.717) is 6.61 Å². The average molecular weight is 336 g/mol. The van der Waals surface area contributed by atoms with Crippen LogP contribution in [0.25, 0.3) is 0 Å². The van der Waals surface area contributed by atoms with Gasteiger partial charge in [0.15, 0.2) is 6.10 Å². The second-order valence-corrected chi connectivity index (χ2v) is 6.09. The fourth-order valence-electron chi connectivity index (χ4n) is 2.49. The Bertz CT molecular complexity index is 419. The molecule has 4 nitrogen and oxygen atoms in total. The van der Waals surface area contributed by atoms with Crippen LogP contribution in [0.5, 0.6) is 0 Å². The smallest absolute Gasteiger partial charge is 0.335 e. The van der Waals surface area contributed by atoms with Crippen LogP contribution in [0.15, 0.2) is 30.3 Å². The second-order valence-electron chi connectivity index (χ2n) is 6.09. The normalized spacial score (nSPS) is 12.1. The molecule has 0 aliphatic heterocycles. The van der Waals surface area contributed by atoms with Crippen molar-refractivity contribution in [2.45, 2.75) is 71.0 Å². The van der Waals surface area contributed by atoms with Gasteiger partial charge in [0, 0.05) is 19.6 Å². The van der Waals surface area contributed by atoms with Gasteiger partial charge in [-0.25, -0.2) is 4.79 Å². The molecule has 1 aromatic rings. The van der Waals surface area contributed by atoms with Gasteiger partial charge >= 0.3 is 5.97 Å². The van der Waals surface area contributed by atoms with Crippen LogP contribution >= 0.6 is 0 Å². The van der Waals surface area contributed by atoms with E-state index in [-0.39, 0.29) is 19.6 Å². The molecule has 1 atom stereocenters. The van der Waals surface area contributed by atoms with Crippen LogP contribution in [0.1, 0.15) is 63.9 Å². The van der Waals surface area contributed by atoms with E-state index in [1.165, 1.54) is 32.1 Å². The molecule has 0 spiro atoms. The maximum atomic E-state index is 12.1. The summed E-state index contributed by atoms with van der Waals surface area (Å²) in [7, 11) is 0. The van der Waals surface area contributed by atoms with Gasteiger partial charge in [-0.05, 0) is 12.0 Å². The molecule has 4 heteroatoms. The lowest BCUT2D eigenvalue weighted by atomic mass is 10.1. The SMILES string of the molecule is CCCCCCCCCOC(CCO)C(=O)OCc1ccccc1. The van der Waals surface area contributed by atoms with Crippen LogP contribution in [0, 0.1) is 0 Å². The van der Waals surface area contributed by atoms with Crippen molar-refractivity contribution in [3.05, 3.63) is 35.9 Å². The first-order valence-corrected chi connectivity index (χ1v) is 9.21. The van der Waals surface area contributed by atoms with Crippen LogP contribution < -0.4 is 0 Å². The fourth-order valence-corrected chi connectivity index (χ4v) is 2.49. The van der Waals surface area contributed by atoms with E-state index in [2.05, 4.69) is 6.92 Å². The van der Waals surface area contributed by atoms with Crippen molar-refractivity contribution in [1.82, 2.24) is 0 Å². The highest BCUT2D eigenvalue weighted by Gasteiger charge is 2.20. The molecule has 0 radical (unpaired) electrons. The molecule has 0 heterocycles. The van der Waals surface area contributed by atoms with Crippen molar-refractivity contribution in [1.29, 1.82) is 0 Å². The largest absolute Gasteiger partial charge is 0.459 e. The number of hydrogen-bond donors (Lipinski definition) is 1. The molecule has 0 aromatic heterocycles. The summed E-state index contributed by atoms with van der Waals surface area (Å²) in [6.45, 7) is 2.91. The van der Waals surface area contributed by atoms with Gasteiger partial charge in [-0.1, -0.05) is 75.8 Å². The Hall–Kier alpha value is -1.39. The third-order valence-electron chi connectivity index (χ3n) is 3.95. The third kappa shape index (κ3) is 9.68. The summed E-state index contributed by atoms with van der Waals surface area (Å²) in [6, 6.07) is 9.56. The number of carbonyl (C=O) groups excluding carboxylic acids is 1. The van der Waals surface area contributed by atoms with Crippen LogP contribution in [0.3, 0.4) is 0 Å². The molecule has 1 rings (SSSR count). The lowest BCUT2D eigenvalue weighted by Gasteiger charge is -2.16. The van der Waals surface area contributed by atoms with Gasteiger partial charge in [-0.3, -0.25) is 0 Å². The summed E-state index contributed by atoms with van der Waals surface area (Å²) in [6.07, 6.45) is 8.03. The molecular weight excluding hydrogens is 304 g/mol. The standard InChI is InChI=1S/C20H32O4/c1-2-3-4-5-6-7-11-16-23-19(14-15-21)20(22)24-17-18-12-9-8-10-13-18/h8-10,12-13,19,21H,2-7,11,14-17H2,1H3. The number of aliphatic hydroxyl groups is 1. The Balaban J connectivity index is 2.18. The molecule has 0 aliphatic rings.